The second kappa shape index (κ2) is 6.52. The van der Waals surface area contributed by atoms with Crippen LogP contribution in [-0.2, 0) is 16.1 Å². The molecule has 1 saturated heterocycles. The topological polar surface area (TPSA) is 75.4 Å². The van der Waals surface area contributed by atoms with E-state index in [9.17, 15) is 9.59 Å². The van der Waals surface area contributed by atoms with Gasteiger partial charge in [-0.1, -0.05) is 19.1 Å². The average Bonchev–Trinajstić information content (AvgIpc) is 2.90. The number of carbonyl (C=O) groups excluding carboxylic acids is 2. The van der Waals surface area contributed by atoms with Gasteiger partial charge in [0.2, 0.25) is 11.8 Å². The number of benzene rings is 1. The van der Waals surface area contributed by atoms with Crippen molar-refractivity contribution < 1.29 is 9.59 Å². The van der Waals surface area contributed by atoms with Crippen LogP contribution >= 0.6 is 0 Å². The molecule has 5 nitrogen and oxygen atoms in total. The first-order chi connectivity index (χ1) is 9.61. The fourth-order valence-corrected chi connectivity index (χ4v) is 2.22. The van der Waals surface area contributed by atoms with Crippen molar-refractivity contribution in [2.45, 2.75) is 38.8 Å². The molecule has 1 fully saturated rings. The lowest BCUT2D eigenvalue weighted by Gasteiger charge is -2.16. The van der Waals surface area contributed by atoms with Gasteiger partial charge in [0.1, 0.15) is 0 Å². The molecular formula is C15H21N3O2. The summed E-state index contributed by atoms with van der Waals surface area (Å²) in [6, 6.07) is 7.25. The average molecular weight is 275 g/mol. The van der Waals surface area contributed by atoms with Crippen LogP contribution in [0.5, 0.6) is 0 Å². The van der Waals surface area contributed by atoms with Crippen LogP contribution in [0.15, 0.2) is 24.3 Å². The highest BCUT2D eigenvalue weighted by Gasteiger charge is 2.21. The normalized spacial score (nSPS) is 16.3. The Morgan fingerprint density at radius 2 is 2.10 bits per heavy atom. The van der Waals surface area contributed by atoms with Crippen molar-refractivity contribution in [3.8, 4) is 0 Å². The number of anilines is 1. The molecule has 2 amide bonds. The first-order valence-corrected chi connectivity index (χ1v) is 7.04. The van der Waals surface area contributed by atoms with Gasteiger partial charge < -0.3 is 16.0 Å². The summed E-state index contributed by atoms with van der Waals surface area (Å²) >= 11 is 0. The third-order valence-corrected chi connectivity index (χ3v) is 3.56. The van der Waals surface area contributed by atoms with Crippen LogP contribution in [0.2, 0.25) is 0 Å². The fourth-order valence-electron chi connectivity index (χ4n) is 2.22. The first kappa shape index (κ1) is 14.5. The molecule has 5 heteroatoms. The van der Waals surface area contributed by atoms with Gasteiger partial charge in [-0.05, 0) is 30.5 Å². The maximum atomic E-state index is 11.6. The van der Waals surface area contributed by atoms with E-state index in [1.54, 1.807) is 4.90 Å². The van der Waals surface area contributed by atoms with Gasteiger partial charge in [0.05, 0.1) is 6.04 Å². The first-order valence-electron chi connectivity index (χ1n) is 7.04. The van der Waals surface area contributed by atoms with Crippen molar-refractivity contribution in [3.05, 3.63) is 29.8 Å². The molecule has 0 saturated carbocycles. The number of rotatable bonds is 5. The lowest BCUT2D eigenvalue weighted by Crippen LogP contribution is -2.39. The maximum Gasteiger partial charge on any atom is 0.237 e. The molecule has 1 aliphatic heterocycles. The molecular weight excluding hydrogens is 254 g/mol. The number of amides is 2. The van der Waals surface area contributed by atoms with Gasteiger partial charge in [-0.3, -0.25) is 9.59 Å². The smallest absolute Gasteiger partial charge is 0.237 e. The quantitative estimate of drug-likeness (QED) is 0.847. The monoisotopic (exact) mass is 275 g/mol. The summed E-state index contributed by atoms with van der Waals surface area (Å²) in [5, 5.41) is 2.80. The summed E-state index contributed by atoms with van der Waals surface area (Å²) in [5.74, 6) is 0.0475. The Morgan fingerprint density at radius 1 is 1.40 bits per heavy atom. The Balaban J connectivity index is 1.92. The molecule has 0 radical (unpaired) electrons. The van der Waals surface area contributed by atoms with E-state index in [0.29, 0.717) is 19.4 Å². The Bertz CT molecular complexity index is 484. The molecule has 0 unspecified atom stereocenters. The van der Waals surface area contributed by atoms with Gasteiger partial charge >= 0.3 is 0 Å². The second-order valence-corrected chi connectivity index (χ2v) is 5.05. The summed E-state index contributed by atoms with van der Waals surface area (Å²) in [7, 11) is 0. The number of hydrogen-bond donors (Lipinski definition) is 2. The lowest BCUT2D eigenvalue weighted by atomic mass is 10.2. The van der Waals surface area contributed by atoms with E-state index >= 15 is 0 Å². The largest absolute Gasteiger partial charge is 0.351 e. The van der Waals surface area contributed by atoms with Crippen molar-refractivity contribution in [1.82, 2.24) is 5.32 Å². The predicted molar refractivity (Wildman–Crippen MR) is 78.1 cm³/mol. The highest BCUT2D eigenvalue weighted by Crippen LogP contribution is 2.21. The molecule has 108 valence electrons. The molecule has 3 N–H and O–H groups in total. The van der Waals surface area contributed by atoms with Crippen molar-refractivity contribution >= 4 is 17.5 Å². The SMILES string of the molecule is CC[C@H](N)C(=O)NCc1ccc(N2CCCC2=O)cc1. The van der Waals surface area contributed by atoms with Crippen LogP contribution in [0.4, 0.5) is 5.69 Å². The minimum absolute atomic E-state index is 0.133. The Hall–Kier alpha value is -1.88. The molecule has 0 aromatic heterocycles. The van der Waals surface area contributed by atoms with Gasteiger partial charge in [-0.15, -0.1) is 0 Å². The second-order valence-electron chi connectivity index (χ2n) is 5.05. The Kier molecular flexibility index (Phi) is 4.74. The minimum atomic E-state index is -0.448. The number of nitrogens with two attached hydrogens (primary N) is 1. The summed E-state index contributed by atoms with van der Waals surface area (Å²) in [6.07, 6.45) is 2.18. The van der Waals surface area contributed by atoms with E-state index in [2.05, 4.69) is 5.32 Å². The van der Waals surface area contributed by atoms with Crippen molar-refractivity contribution in [2.24, 2.45) is 5.73 Å². The zero-order valence-electron chi connectivity index (χ0n) is 11.8. The number of nitrogens with zero attached hydrogens (tertiary/aromatic N) is 1. The number of nitrogens with one attached hydrogen (secondary N) is 1. The third-order valence-electron chi connectivity index (χ3n) is 3.56. The molecule has 0 spiro atoms. The van der Waals surface area contributed by atoms with E-state index in [-0.39, 0.29) is 11.8 Å². The standard InChI is InChI=1S/C15H21N3O2/c1-2-13(16)15(20)17-10-11-5-7-12(8-6-11)18-9-3-4-14(18)19/h5-8,13H,2-4,9-10,16H2,1H3,(H,17,20)/t13-/m0/s1. The molecule has 0 aliphatic carbocycles. The van der Waals surface area contributed by atoms with E-state index in [1.165, 1.54) is 0 Å². The lowest BCUT2D eigenvalue weighted by molar-refractivity contribution is -0.122. The van der Waals surface area contributed by atoms with E-state index < -0.39 is 6.04 Å². The predicted octanol–water partition coefficient (Wildman–Crippen LogP) is 1.17. The van der Waals surface area contributed by atoms with Crippen LogP contribution in [0, 0.1) is 0 Å². The fraction of sp³-hybridized carbons (Fsp3) is 0.467. The van der Waals surface area contributed by atoms with Gasteiger partial charge in [0.15, 0.2) is 0 Å². The summed E-state index contributed by atoms with van der Waals surface area (Å²) in [4.78, 5) is 25.0. The molecule has 1 aromatic carbocycles. The molecule has 1 heterocycles. The van der Waals surface area contributed by atoms with Crippen LogP contribution in [0.1, 0.15) is 31.7 Å². The van der Waals surface area contributed by atoms with Crippen molar-refractivity contribution in [2.75, 3.05) is 11.4 Å². The van der Waals surface area contributed by atoms with E-state index in [0.717, 1.165) is 24.2 Å². The zero-order chi connectivity index (χ0) is 14.5. The maximum absolute atomic E-state index is 11.6. The molecule has 1 aliphatic rings. The van der Waals surface area contributed by atoms with Gasteiger partial charge in [-0.25, -0.2) is 0 Å². The molecule has 2 rings (SSSR count). The minimum Gasteiger partial charge on any atom is -0.351 e. The Morgan fingerprint density at radius 3 is 2.65 bits per heavy atom. The van der Waals surface area contributed by atoms with Crippen LogP contribution < -0.4 is 16.0 Å². The van der Waals surface area contributed by atoms with Crippen LogP contribution in [0.25, 0.3) is 0 Å². The highest BCUT2D eigenvalue weighted by atomic mass is 16.2. The van der Waals surface area contributed by atoms with Crippen molar-refractivity contribution in [3.63, 3.8) is 0 Å². The Labute approximate surface area is 119 Å². The summed E-state index contributed by atoms with van der Waals surface area (Å²) < 4.78 is 0. The van der Waals surface area contributed by atoms with Crippen molar-refractivity contribution in [1.29, 1.82) is 0 Å². The van der Waals surface area contributed by atoms with Crippen LogP contribution in [-0.4, -0.2) is 24.4 Å². The van der Waals surface area contributed by atoms with Gasteiger partial charge in [0.25, 0.3) is 0 Å². The van der Waals surface area contributed by atoms with E-state index in [4.69, 9.17) is 5.73 Å². The van der Waals surface area contributed by atoms with Crippen LogP contribution in [0.3, 0.4) is 0 Å². The third kappa shape index (κ3) is 3.36. The molecule has 1 aromatic rings. The van der Waals surface area contributed by atoms with Gasteiger partial charge in [-0.2, -0.15) is 0 Å². The summed E-state index contributed by atoms with van der Waals surface area (Å²) in [5.41, 5.74) is 7.57. The van der Waals surface area contributed by atoms with Gasteiger partial charge in [0, 0.05) is 25.2 Å². The molecule has 0 bridgehead atoms. The zero-order valence-corrected chi connectivity index (χ0v) is 11.8. The number of carbonyl (C=O) groups is 2. The molecule has 1 atom stereocenters. The van der Waals surface area contributed by atoms with E-state index in [1.807, 2.05) is 31.2 Å². The highest BCUT2D eigenvalue weighted by molar-refractivity contribution is 5.95. The molecule has 20 heavy (non-hydrogen) atoms. The summed E-state index contributed by atoms with van der Waals surface area (Å²) in [6.45, 7) is 3.13. The number of hydrogen-bond acceptors (Lipinski definition) is 3.